The Morgan fingerprint density at radius 1 is 0.680 bits per heavy atom. The van der Waals surface area contributed by atoms with Crippen LogP contribution in [-0.2, 0) is 19.3 Å². The van der Waals surface area contributed by atoms with Crippen molar-refractivity contribution in [3.63, 3.8) is 0 Å². The average Bonchev–Trinajstić information content (AvgIpc) is 2.57. The summed E-state index contributed by atoms with van der Waals surface area (Å²) in [7, 11) is 0. The van der Waals surface area contributed by atoms with Gasteiger partial charge < -0.3 is 10.2 Å². The number of phenols is 2. The second-order valence-corrected chi connectivity index (χ2v) is 7.58. The van der Waals surface area contributed by atoms with E-state index in [9.17, 15) is 10.2 Å². The summed E-state index contributed by atoms with van der Waals surface area (Å²) in [5.41, 5.74) is 6.25. The van der Waals surface area contributed by atoms with Gasteiger partial charge in [-0.3, -0.25) is 0 Å². The number of aromatic hydroxyl groups is 2. The van der Waals surface area contributed by atoms with Crippen molar-refractivity contribution in [3.8, 4) is 11.5 Å². The number of hydrogen-bond acceptors (Lipinski definition) is 2. The molecule has 136 valence electrons. The normalized spacial score (nSPS) is 11.5. The third kappa shape index (κ3) is 4.18. The Morgan fingerprint density at radius 3 is 1.32 bits per heavy atom. The SMILES string of the molecule is CCc1cc(Cc2cc(CC)cc(C(C)C)c2O)c(O)c(C(C)C)c1. The van der Waals surface area contributed by atoms with E-state index in [-0.39, 0.29) is 11.8 Å². The molecule has 0 atom stereocenters. The molecule has 2 heteroatoms. The minimum atomic E-state index is 0.270. The van der Waals surface area contributed by atoms with Crippen molar-refractivity contribution in [2.75, 3.05) is 0 Å². The summed E-state index contributed by atoms with van der Waals surface area (Å²) < 4.78 is 0. The highest BCUT2D eigenvalue weighted by atomic mass is 16.3. The van der Waals surface area contributed by atoms with Gasteiger partial charge in [0.1, 0.15) is 11.5 Å². The van der Waals surface area contributed by atoms with E-state index in [1.54, 1.807) is 0 Å². The van der Waals surface area contributed by atoms with E-state index < -0.39 is 0 Å². The fourth-order valence-electron chi connectivity index (χ4n) is 3.34. The van der Waals surface area contributed by atoms with Crippen molar-refractivity contribution < 1.29 is 10.2 Å². The van der Waals surface area contributed by atoms with Crippen molar-refractivity contribution in [2.45, 2.75) is 72.6 Å². The summed E-state index contributed by atoms with van der Waals surface area (Å²) in [5, 5.41) is 21.5. The molecule has 0 bridgehead atoms. The van der Waals surface area contributed by atoms with Crippen molar-refractivity contribution in [1.29, 1.82) is 0 Å². The molecule has 0 spiro atoms. The first-order valence-corrected chi connectivity index (χ1v) is 9.47. The van der Waals surface area contributed by atoms with Crippen LogP contribution in [0.15, 0.2) is 24.3 Å². The molecule has 0 saturated heterocycles. The Morgan fingerprint density at radius 2 is 1.04 bits per heavy atom. The molecule has 2 aromatic rings. The van der Waals surface area contributed by atoms with Gasteiger partial charge in [0, 0.05) is 6.42 Å². The molecular formula is C23H32O2. The van der Waals surface area contributed by atoms with Gasteiger partial charge in [0.15, 0.2) is 0 Å². The summed E-state index contributed by atoms with van der Waals surface area (Å²) >= 11 is 0. The molecule has 0 radical (unpaired) electrons. The maximum absolute atomic E-state index is 10.8. The third-order valence-electron chi connectivity index (χ3n) is 5.00. The van der Waals surface area contributed by atoms with E-state index in [0.29, 0.717) is 17.9 Å². The monoisotopic (exact) mass is 340 g/mol. The number of rotatable bonds is 6. The minimum absolute atomic E-state index is 0.270. The number of hydrogen-bond donors (Lipinski definition) is 2. The van der Waals surface area contributed by atoms with Crippen LogP contribution in [0.5, 0.6) is 11.5 Å². The van der Waals surface area contributed by atoms with Gasteiger partial charge in [-0.1, -0.05) is 65.8 Å². The number of phenolic OH excluding ortho intramolecular Hbond substituents is 2. The highest BCUT2D eigenvalue weighted by Crippen LogP contribution is 2.36. The van der Waals surface area contributed by atoms with E-state index in [4.69, 9.17) is 0 Å². The van der Waals surface area contributed by atoms with Crippen LogP contribution in [-0.4, -0.2) is 10.2 Å². The zero-order valence-electron chi connectivity index (χ0n) is 16.5. The highest BCUT2D eigenvalue weighted by molar-refractivity contribution is 5.52. The minimum Gasteiger partial charge on any atom is -0.507 e. The first-order chi connectivity index (χ1) is 11.8. The molecule has 0 saturated carbocycles. The van der Waals surface area contributed by atoms with Gasteiger partial charge in [0.05, 0.1) is 0 Å². The molecule has 0 heterocycles. The number of benzene rings is 2. The third-order valence-corrected chi connectivity index (χ3v) is 5.00. The van der Waals surface area contributed by atoms with E-state index in [1.165, 1.54) is 11.1 Å². The summed E-state index contributed by atoms with van der Waals surface area (Å²) in [6.45, 7) is 12.7. The summed E-state index contributed by atoms with van der Waals surface area (Å²) in [6, 6.07) is 8.36. The van der Waals surface area contributed by atoms with Gasteiger partial charge in [-0.05, 0) is 58.1 Å². The van der Waals surface area contributed by atoms with Crippen LogP contribution in [0.2, 0.25) is 0 Å². The Balaban J connectivity index is 2.56. The molecular weight excluding hydrogens is 308 g/mol. The van der Waals surface area contributed by atoms with Gasteiger partial charge in [-0.2, -0.15) is 0 Å². The molecule has 0 aromatic heterocycles. The van der Waals surface area contributed by atoms with Crippen LogP contribution < -0.4 is 0 Å². The largest absolute Gasteiger partial charge is 0.507 e. The molecule has 0 fully saturated rings. The molecule has 2 rings (SSSR count). The van der Waals surface area contributed by atoms with Crippen molar-refractivity contribution in [3.05, 3.63) is 57.6 Å². The Kier molecular flexibility index (Phi) is 6.16. The lowest BCUT2D eigenvalue weighted by Crippen LogP contribution is -2.01. The quantitative estimate of drug-likeness (QED) is 0.671. The van der Waals surface area contributed by atoms with Crippen LogP contribution in [0.25, 0.3) is 0 Å². The molecule has 0 aliphatic rings. The first kappa shape index (κ1) is 19.4. The van der Waals surface area contributed by atoms with Gasteiger partial charge in [0.25, 0.3) is 0 Å². The zero-order valence-corrected chi connectivity index (χ0v) is 16.5. The lowest BCUT2D eigenvalue weighted by Gasteiger charge is -2.18. The average molecular weight is 341 g/mol. The zero-order chi connectivity index (χ0) is 18.7. The van der Waals surface area contributed by atoms with E-state index >= 15 is 0 Å². The lowest BCUT2D eigenvalue weighted by molar-refractivity contribution is 0.452. The second-order valence-electron chi connectivity index (χ2n) is 7.58. The first-order valence-electron chi connectivity index (χ1n) is 9.47. The fraction of sp³-hybridized carbons (Fsp3) is 0.478. The summed E-state index contributed by atoms with van der Waals surface area (Å²) in [4.78, 5) is 0. The van der Waals surface area contributed by atoms with Crippen LogP contribution >= 0.6 is 0 Å². The Hall–Kier alpha value is -1.96. The maximum Gasteiger partial charge on any atom is 0.122 e. The second kappa shape index (κ2) is 7.95. The predicted molar refractivity (Wildman–Crippen MR) is 106 cm³/mol. The van der Waals surface area contributed by atoms with E-state index in [1.807, 2.05) is 0 Å². The Bertz CT molecular complexity index is 679. The molecule has 0 amide bonds. The van der Waals surface area contributed by atoms with Gasteiger partial charge in [-0.25, -0.2) is 0 Å². The van der Waals surface area contributed by atoms with E-state index in [2.05, 4.69) is 65.8 Å². The molecule has 2 nitrogen and oxygen atoms in total. The molecule has 0 aliphatic heterocycles. The van der Waals surface area contributed by atoms with Gasteiger partial charge >= 0.3 is 0 Å². The molecule has 25 heavy (non-hydrogen) atoms. The Labute approximate surface area is 152 Å². The van der Waals surface area contributed by atoms with Crippen molar-refractivity contribution in [1.82, 2.24) is 0 Å². The number of aryl methyl sites for hydroxylation is 2. The highest BCUT2D eigenvalue weighted by Gasteiger charge is 2.17. The predicted octanol–water partition coefficient (Wildman–Crippen LogP) is 6.06. The smallest absolute Gasteiger partial charge is 0.122 e. The summed E-state index contributed by atoms with van der Waals surface area (Å²) in [5.74, 6) is 1.29. The maximum atomic E-state index is 10.8. The fourth-order valence-corrected chi connectivity index (χ4v) is 3.34. The van der Waals surface area contributed by atoms with Gasteiger partial charge in [0.2, 0.25) is 0 Å². The molecule has 2 aromatic carbocycles. The van der Waals surface area contributed by atoms with Crippen molar-refractivity contribution >= 4 is 0 Å². The van der Waals surface area contributed by atoms with Crippen LogP contribution in [0.4, 0.5) is 0 Å². The molecule has 0 aliphatic carbocycles. The van der Waals surface area contributed by atoms with Gasteiger partial charge in [-0.15, -0.1) is 0 Å². The van der Waals surface area contributed by atoms with Crippen LogP contribution in [0, 0.1) is 0 Å². The molecule has 0 unspecified atom stereocenters. The summed E-state index contributed by atoms with van der Waals surface area (Å²) in [6.07, 6.45) is 2.43. The van der Waals surface area contributed by atoms with Crippen LogP contribution in [0.1, 0.15) is 86.8 Å². The molecule has 2 N–H and O–H groups in total. The lowest BCUT2D eigenvalue weighted by atomic mass is 9.89. The van der Waals surface area contributed by atoms with E-state index in [0.717, 1.165) is 35.1 Å². The standard InChI is InChI=1S/C23H32O2/c1-7-16-9-18(22(24)20(11-16)14(3)4)13-19-10-17(8-2)12-21(15(5)6)23(19)25/h9-12,14-15,24-25H,7-8,13H2,1-6H3. The van der Waals surface area contributed by atoms with Crippen molar-refractivity contribution in [2.24, 2.45) is 0 Å². The topological polar surface area (TPSA) is 40.5 Å². The van der Waals surface area contributed by atoms with Crippen LogP contribution in [0.3, 0.4) is 0 Å².